The van der Waals surface area contributed by atoms with Crippen molar-refractivity contribution in [1.29, 1.82) is 0 Å². The topological polar surface area (TPSA) is 52.6 Å². The van der Waals surface area contributed by atoms with Crippen molar-refractivity contribution in [3.63, 3.8) is 0 Å². The van der Waals surface area contributed by atoms with Crippen molar-refractivity contribution >= 4 is 11.9 Å². The van der Waals surface area contributed by atoms with Crippen LogP contribution in [0.2, 0.25) is 0 Å². The Balaban J connectivity index is 3.89. The van der Waals surface area contributed by atoms with E-state index >= 15 is 0 Å². The summed E-state index contributed by atoms with van der Waals surface area (Å²) in [6.07, 6.45) is 23.5. The van der Waals surface area contributed by atoms with Crippen molar-refractivity contribution in [3.8, 4) is 0 Å². The van der Waals surface area contributed by atoms with Crippen LogP contribution < -0.4 is 0 Å². The maximum absolute atomic E-state index is 12.5. The lowest BCUT2D eigenvalue weighted by molar-refractivity contribution is -0.155. The minimum absolute atomic E-state index is 0.0147. The molecule has 36 heavy (non-hydrogen) atoms. The second-order valence-electron chi connectivity index (χ2n) is 10.9. The molecule has 0 saturated heterocycles. The van der Waals surface area contributed by atoms with Gasteiger partial charge in [-0.3, -0.25) is 9.59 Å². The molecule has 0 heterocycles. The molecule has 0 fully saturated rings. The molecule has 0 bridgehead atoms. The fraction of sp³-hybridized carbons (Fsp3) is 0.938. The summed E-state index contributed by atoms with van der Waals surface area (Å²) in [6, 6.07) is 0. The van der Waals surface area contributed by atoms with Crippen molar-refractivity contribution in [1.82, 2.24) is 0 Å². The summed E-state index contributed by atoms with van der Waals surface area (Å²) < 4.78 is 11.4. The van der Waals surface area contributed by atoms with Gasteiger partial charge in [-0.2, -0.15) is 0 Å². The fourth-order valence-corrected chi connectivity index (χ4v) is 4.83. The van der Waals surface area contributed by atoms with Gasteiger partial charge in [0.05, 0.1) is 12.5 Å². The lowest BCUT2D eigenvalue weighted by Gasteiger charge is -2.21. The molecule has 0 spiro atoms. The molecular weight excluding hydrogens is 448 g/mol. The summed E-state index contributed by atoms with van der Waals surface area (Å²) in [5.74, 6) is 0.594. The Kier molecular flexibility index (Phi) is 24.8. The van der Waals surface area contributed by atoms with E-state index in [4.69, 9.17) is 9.47 Å². The van der Waals surface area contributed by atoms with E-state index in [0.29, 0.717) is 18.9 Å². The zero-order valence-corrected chi connectivity index (χ0v) is 24.9. The van der Waals surface area contributed by atoms with Gasteiger partial charge in [0, 0.05) is 6.42 Å². The standard InChI is InChI=1S/C32H62O4/c1-6-11-13-20-24-30(36-32(34)29(9-4)10-5)25-21-18-16-14-15-17-19-22-26-31(33)35-27-28(8-3)23-12-7-2/h28-30H,6-27H2,1-5H3. The van der Waals surface area contributed by atoms with Gasteiger partial charge < -0.3 is 9.47 Å². The lowest BCUT2D eigenvalue weighted by atomic mass is 10.0. The molecule has 2 unspecified atom stereocenters. The molecule has 0 aromatic heterocycles. The highest BCUT2D eigenvalue weighted by Gasteiger charge is 2.20. The maximum Gasteiger partial charge on any atom is 0.309 e. The molecule has 4 heteroatoms. The second-order valence-corrected chi connectivity index (χ2v) is 10.9. The SMILES string of the molecule is CCCCCCC(CCCCCCCCCCC(=O)OCC(CC)CCCC)OC(=O)C(CC)CC. The zero-order valence-electron chi connectivity index (χ0n) is 24.9. The quantitative estimate of drug-likeness (QED) is 0.0858. The highest BCUT2D eigenvalue weighted by Crippen LogP contribution is 2.20. The predicted molar refractivity (Wildman–Crippen MR) is 153 cm³/mol. The molecule has 0 aromatic rings. The molecule has 0 aliphatic rings. The van der Waals surface area contributed by atoms with E-state index in [9.17, 15) is 9.59 Å². The smallest absolute Gasteiger partial charge is 0.309 e. The lowest BCUT2D eigenvalue weighted by Crippen LogP contribution is -2.24. The van der Waals surface area contributed by atoms with E-state index in [1.54, 1.807) is 0 Å². The van der Waals surface area contributed by atoms with Gasteiger partial charge >= 0.3 is 11.9 Å². The van der Waals surface area contributed by atoms with Gasteiger partial charge in [0.1, 0.15) is 6.10 Å². The predicted octanol–water partition coefficient (Wildman–Crippen LogP) is 9.97. The van der Waals surface area contributed by atoms with Crippen LogP contribution in [0.4, 0.5) is 0 Å². The van der Waals surface area contributed by atoms with Crippen molar-refractivity contribution in [2.45, 2.75) is 176 Å². The molecule has 0 saturated carbocycles. The van der Waals surface area contributed by atoms with Gasteiger partial charge in [-0.15, -0.1) is 0 Å². The molecule has 0 aliphatic carbocycles. The van der Waals surface area contributed by atoms with Crippen molar-refractivity contribution < 1.29 is 19.1 Å². The highest BCUT2D eigenvalue weighted by atomic mass is 16.5. The van der Waals surface area contributed by atoms with Crippen molar-refractivity contribution in [2.75, 3.05) is 6.61 Å². The summed E-state index contributed by atoms with van der Waals surface area (Å²) in [5, 5.41) is 0. The molecule has 0 N–H and O–H groups in total. The Morgan fingerprint density at radius 3 is 1.64 bits per heavy atom. The monoisotopic (exact) mass is 510 g/mol. The van der Waals surface area contributed by atoms with Crippen LogP contribution in [0.5, 0.6) is 0 Å². The van der Waals surface area contributed by atoms with E-state index in [1.807, 2.05) is 0 Å². The van der Waals surface area contributed by atoms with E-state index in [1.165, 1.54) is 77.0 Å². The number of carbonyl (C=O) groups is 2. The third-order valence-corrected chi connectivity index (χ3v) is 7.66. The Bertz CT molecular complexity index is 500. The molecule has 4 nitrogen and oxygen atoms in total. The number of ether oxygens (including phenoxy) is 2. The molecule has 0 radical (unpaired) electrons. The minimum atomic E-state index is -0.0147. The summed E-state index contributed by atoms with van der Waals surface area (Å²) in [5.41, 5.74) is 0. The first-order chi connectivity index (χ1) is 17.5. The largest absolute Gasteiger partial charge is 0.465 e. The van der Waals surface area contributed by atoms with Gasteiger partial charge in [-0.25, -0.2) is 0 Å². The number of hydrogen-bond donors (Lipinski definition) is 0. The summed E-state index contributed by atoms with van der Waals surface area (Å²) in [7, 11) is 0. The van der Waals surface area contributed by atoms with Gasteiger partial charge in [-0.05, 0) is 57.3 Å². The Labute approximate surface area is 225 Å². The first kappa shape index (κ1) is 34.9. The van der Waals surface area contributed by atoms with Gasteiger partial charge in [-0.1, -0.05) is 112 Å². The minimum Gasteiger partial charge on any atom is -0.465 e. The van der Waals surface area contributed by atoms with E-state index < -0.39 is 0 Å². The molecule has 0 amide bonds. The fourth-order valence-electron chi connectivity index (χ4n) is 4.83. The molecule has 214 valence electrons. The van der Waals surface area contributed by atoms with E-state index in [0.717, 1.165) is 51.4 Å². The summed E-state index contributed by atoms with van der Waals surface area (Å²) in [6.45, 7) is 11.4. The van der Waals surface area contributed by atoms with E-state index in [-0.39, 0.29) is 24.0 Å². The van der Waals surface area contributed by atoms with Gasteiger partial charge in [0.2, 0.25) is 0 Å². The first-order valence-electron chi connectivity index (χ1n) is 15.9. The second kappa shape index (κ2) is 25.6. The van der Waals surface area contributed by atoms with Crippen LogP contribution in [0.1, 0.15) is 169 Å². The number of hydrogen-bond acceptors (Lipinski definition) is 4. The number of rotatable bonds is 26. The van der Waals surface area contributed by atoms with Crippen LogP contribution >= 0.6 is 0 Å². The zero-order chi connectivity index (χ0) is 26.9. The molecule has 0 rings (SSSR count). The Hall–Kier alpha value is -1.06. The van der Waals surface area contributed by atoms with E-state index in [2.05, 4.69) is 34.6 Å². The van der Waals surface area contributed by atoms with Crippen LogP contribution in [0.25, 0.3) is 0 Å². The summed E-state index contributed by atoms with van der Waals surface area (Å²) >= 11 is 0. The Morgan fingerprint density at radius 1 is 0.583 bits per heavy atom. The highest BCUT2D eigenvalue weighted by molar-refractivity contribution is 5.72. The van der Waals surface area contributed by atoms with Crippen molar-refractivity contribution in [2.24, 2.45) is 11.8 Å². The summed E-state index contributed by atoms with van der Waals surface area (Å²) in [4.78, 5) is 24.5. The number of esters is 2. The normalized spacial score (nSPS) is 13.1. The van der Waals surface area contributed by atoms with Crippen LogP contribution in [0, 0.1) is 11.8 Å². The van der Waals surface area contributed by atoms with Crippen LogP contribution in [0.15, 0.2) is 0 Å². The molecule has 0 aromatic carbocycles. The third kappa shape index (κ3) is 20.0. The number of carbonyl (C=O) groups excluding carboxylic acids is 2. The average molecular weight is 511 g/mol. The Morgan fingerprint density at radius 2 is 1.11 bits per heavy atom. The molecular formula is C32H62O4. The third-order valence-electron chi connectivity index (χ3n) is 7.66. The molecule has 0 aliphatic heterocycles. The average Bonchev–Trinajstić information content (AvgIpc) is 2.88. The van der Waals surface area contributed by atoms with Crippen LogP contribution in [-0.2, 0) is 19.1 Å². The van der Waals surface area contributed by atoms with Crippen LogP contribution in [0.3, 0.4) is 0 Å². The number of unbranched alkanes of at least 4 members (excludes halogenated alkanes) is 11. The maximum atomic E-state index is 12.5. The van der Waals surface area contributed by atoms with Gasteiger partial charge in [0.15, 0.2) is 0 Å². The van der Waals surface area contributed by atoms with Gasteiger partial charge in [0.25, 0.3) is 0 Å². The van der Waals surface area contributed by atoms with Crippen LogP contribution in [-0.4, -0.2) is 24.6 Å². The molecule has 2 atom stereocenters. The first-order valence-corrected chi connectivity index (χ1v) is 15.9. The van der Waals surface area contributed by atoms with Crippen molar-refractivity contribution in [3.05, 3.63) is 0 Å².